The number of carbonyl (C=O) groups excluding carboxylic acids is 2. The zero-order chi connectivity index (χ0) is 20.8. The molecule has 0 spiro atoms. The van der Waals surface area contributed by atoms with Crippen molar-refractivity contribution in [3.63, 3.8) is 0 Å². The number of rotatable bonds is 8. The Hall–Kier alpha value is -2.72. The molecule has 3 rings (SSSR count). The van der Waals surface area contributed by atoms with Crippen molar-refractivity contribution in [1.29, 1.82) is 0 Å². The van der Waals surface area contributed by atoms with E-state index in [4.69, 9.17) is 0 Å². The maximum Gasteiger partial charge on any atom is 0.239 e. The van der Waals surface area contributed by atoms with Gasteiger partial charge in [-0.1, -0.05) is 29.5 Å². The first-order chi connectivity index (χ1) is 14.0. The van der Waals surface area contributed by atoms with Crippen LogP contribution in [0.3, 0.4) is 0 Å². The molecule has 0 saturated heterocycles. The zero-order valence-corrected chi connectivity index (χ0v) is 18.0. The van der Waals surface area contributed by atoms with Gasteiger partial charge in [-0.15, -0.1) is 21.5 Å². The number of amides is 2. The second-order valence-electron chi connectivity index (χ2n) is 6.32. The van der Waals surface area contributed by atoms with Crippen molar-refractivity contribution in [2.45, 2.75) is 44.1 Å². The predicted octanol–water partition coefficient (Wildman–Crippen LogP) is 3.36. The summed E-state index contributed by atoms with van der Waals surface area (Å²) < 4.78 is 1.85. The monoisotopic (exact) mass is 430 g/mol. The molecular formula is C19H22N6O2S2. The summed E-state index contributed by atoms with van der Waals surface area (Å²) in [6.07, 6.45) is 1.74. The average molecular weight is 431 g/mol. The molecule has 3 aromatic rings. The number of thioether (sulfide) groups is 1. The third kappa shape index (κ3) is 5.64. The highest BCUT2D eigenvalue weighted by molar-refractivity contribution is 8.00. The van der Waals surface area contributed by atoms with Gasteiger partial charge in [-0.3, -0.25) is 9.59 Å². The second-order valence-corrected chi connectivity index (χ2v) is 8.52. The summed E-state index contributed by atoms with van der Waals surface area (Å²) in [6, 6.07) is 7.61. The Morgan fingerprint density at radius 3 is 2.62 bits per heavy atom. The summed E-state index contributed by atoms with van der Waals surface area (Å²) in [5.74, 6) is 0.239. The van der Waals surface area contributed by atoms with E-state index in [-0.39, 0.29) is 23.5 Å². The number of benzene rings is 1. The third-order valence-electron chi connectivity index (χ3n) is 4.08. The lowest BCUT2D eigenvalue weighted by molar-refractivity contribution is -0.116. The molecule has 29 heavy (non-hydrogen) atoms. The molecule has 1 unspecified atom stereocenters. The molecule has 0 aliphatic heterocycles. The first-order valence-corrected chi connectivity index (χ1v) is 10.9. The summed E-state index contributed by atoms with van der Waals surface area (Å²) >= 11 is 2.67. The minimum atomic E-state index is -0.386. The number of hydrogen-bond acceptors (Lipinski definition) is 7. The van der Waals surface area contributed by atoms with E-state index in [1.54, 1.807) is 18.5 Å². The summed E-state index contributed by atoms with van der Waals surface area (Å²) in [5.41, 5.74) is 1.87. The smallest absolute Gasteiger partial charge is 0.239 e. The van der Waals surface area contributed by atoms with E-state index in [0.717, 1.165) is 11.3 Å². The standard InChI is InChI=1S/C19H22N6O2S2/c1-4-25-15(11-16(26)21-14-7-5-12(2)6-8-14)23-24-19(25)29-13(3)17(27)22-18-20-9-10-28-18/h5-10,13H,4,11H2,1-3H3,(H,21,26)(H,20,22,27). The van der Waals surface area contributed by atoms with Crippen LogP contribution in [-0.4, -0.2) is 36.8 Å². The fourth-order valence-corrected chi connectivity index (χ4v) is 4.01. The van der Waals surface area contributed by atoms with Gasteiger partial charge in [0.1, 0.15) is 5.82 Å². The number of nitrogens with zero attached hydrogens (tertiary/aromatic N) is 4. The number of carbonyl (C=O) groups is 2. The van der Waals surface area contributed by atoms with E-state index in [2.05, 4.69) is 25.8 Å². The van der Waals surface area contributed by atoms with Crippen molar-refractivity contribution in [3.05, 3.63) is 47.2 Å². The molecule has 0 aliphatic carbocycles. The van der Waals surface area contributed by atoms with Crippen LogP contribution in [0.25, 0.3) is 0 Å². The van der Waals surface area contributed by atoms with Crippen molar-refractivity contribution in [2.24, 2.45) is 0 Å². The summed E-state index contributed by atoms with van der Waals surface area (Å²) in [7, 11) is 0. The molecule has 2 amide bonds. The topological polar surface area (TPSA) is 102 Å². The lowest BCUT2D eigenvalue weighted by Crippen LogP contribution is -2.23. The molecule has 0 radical (unpaired) electrons. The van der Waals surface area contributed by atoms with Gasteiger partial charge in [0.25, 0.3) is 0 Å². The zero-order valence-electron chi connectivity index (χ0n) is 16.4. The van der Waals surface area contributed by atoms with Gasteiger partial charge in [-0.2, -0.15) is 0 Å². The van der Waals surface area contributed by atoms with Crippen LogP contribution < -0.4 is 10.6 Å². The first kappa shape index (κ1) is 21.0. The molecule has 152 valence electrons. The molecule has 10 heteroatoms. The Kier molecular flexibility index (Phi) is 6.99. The second kappa shape index (κ2) is 9.66. The van der Waals surface area contributed by atoms with Gasteiger partial charge in [0.2, 0.25) is 11.8 Å². The van der Waals surface area contributed by atoms with Crippen LogP contribution in [0.15, 0.2) is 41.0 Å². The van der Waals surface area contributed by atoms with Gasteiger partial charge in [-0.05, 0) is 32.9 Å². The lowest BCUT2D eigenvalue weighted by atomic mass is 10.2. The molecule has 0 saturated carbocycles. The van der Waals surface area contributed by atoms with Crippen LogP contribution >= 0.6 is 23.1 Å². The molecule has 2 N–H and O–H groups in total. The average Bonchev–Trinajstić information content (AvgIpc) is 3.33. The minimum Gasteiger partial charge on any atom is -0.326 e. The number of nitrogens with one attached hydrogen (secondary N) is 2. The molecule has 0 bridgehead atoms. The molecular weight excluding hydrogens is 408 g/mol. The van der Waals surface area contributed by atoms with E-state index in [0.29, 0.717) is 22.7 Å². The van der Waals surface area contributed by atoms with Gasteiger partial charge in [0.05, 0.1) is 11.7 Å². The van der Waals surface area contributed by atoms with Crippen LogP contribution in [-0.2, 0) is 22.6 Å². The van der Waals surface area contributed by atoms with Gasteiger partial charge in [-0.25, -0.2) is 4.98 Å². The summed E-state index contributed by atoms with van der Waals surface area (Å²) in [5, 5.41) is 16.6. The Labute approximate surface area is 177 Å². The quantitative estimate of drug-likeness (QED) is 0.531. The number of aromatic nitrogens is 4. The van der Waals surface area contributed by atoms with Crippen LogP contribution in [0.2, 0.25) is 0 Å². The maximum atomic E-state index is 12.4. The molecule has 1 aromatic carbocycles. The highest BCUT2D eigenvalue weighted by atomic mass is 32.2. The van der Waals surface area contributed by atoms with Crippen LogP contribution in [0.5, 0.6) is 0 Å². The number of thiazole rings is 1. The Bertz CT molecular complexity index is 969. The fourth-order valence-electron chi connectivity index (χ4n) is 2.54. The van der Waals surface area contributed by atoms with Crippen LogP contribution in [0.1, 0.15) is 25.2 Å². The van der Waals surface area contributed by atoms with Gasteiger partial charge >= 0.3 is 0 Å². The summed E-state index contributed by atoms with van der Waals surface area (Å²) in [6.45, 7) is 6.34. The number of aryl methyl sites for hydroxylation is 1. The van der Waals surface area contributed by atoms with Crippen molar-refractivity contribution in [1.82, 2.24) is 19.7 Å². The van der Waals surface area contributed by atoms with Crippen LogP contribution in [0.4, 0.5) is 10.8 Å². The summed E-state index contributed by atoms with van der Waals surface area (Å²) in [4.78, 5) is 28.8. The normalized spacial score (nSPS) is 11.8. The first-order valence-electron chi connectivity index (χ1n) is 9.12. The van der Waals surface area contributed by atoms with Crippen molar-refractivity contribution < 1.29 is 9.59 Å². The third-order valence-corrected chi connectivity index (χ3v) is 5.85. The van der Waals surface area contributed by atoms with Gasteiger partial charge in [0.15, 0.2) is 10.3 Å². The predicted molar refractivity (Wildman–Crippen MR) is 115 cm³/mol. The minimum absolute atomic E-state index is 0.106. The lowest BCUT2D eigenvalue weighted by Gasteiger charge is -2.11. The Morgan fingerprint density at radius 2 is 1.97 bits per heavy atom. The SMILES string of the molecule is CCn1c(CC(=O)Nc2ccc(C)cc2)nnc1SC(C)C(=O)Nc1nccs1. The molecule has 0 fully saturated rings. The van der Waals surface area contributed by atoms with E-state index >= 15 is 0 Å². The van der Waals surface area contributed by atoms with Crippen molar-refractivity contribution in [2.75, 3.05) is 10.6 Å². The Balaban J connectivity index is 1.62. The number of anilines is 2. The van der Waals surface area contributed by atoms with E-state index < -0.39 is 0 Å². The molecule has 2 heterocycles. The van der Waals surface area contributed by atoms with Crippen LogP contribution in [0, 0.1) is 6.92 Å². The molecule has 2 aromatic heterocycles. The Morgan fingerprint density at radius 1 is 1.21 bits per heavy atom. The van der Waals surface area contributed by atoms with E-state index in [1.165, 1.54) is 23.1 Å². The highest BCUT2D eigenvalue weighted by Crippen LogP contribution is 2.24. The van der Waals surface area contributed by atoms with Gasteiger partial charge < -0.3 is 15.2 Å². The largest absolute Gasteiger partial charge is 0.326 e. The molecule has 1 atom stereocenters. The maximum absolute atomic E-state index is 12.4. The molecule has 8 nitrogen and oxygen atoms in total. The number of hydrogen-bond donors (Lipinski definition) is 2. The van der Waals surface area contributed by atoms with Crippen molar-refractivity contribution >= 4 is 45.7 Å². The van der Waals surface area contributed by atoms with Gasteiger partial charge in [0, 0.05) is 23.8 Å². The van der Waals surface area contributed by atoms with E-state index in [9.17, 15) is 9.59 Å². The molecule has 0 aliphatic rings. The van der Waals surface area contributed by atoms with Crippen molar-refractivity contribution in [3.8, 4) is 0 Å². The fraction of sp³-hybridized carbons (Fsp3) is 0.316. The van der Waals surface area contributed by atoms with E-state index in [1.807, 2.05) is 42.7 Å². The highest BCUT2D eigenvalue weighted by Gasteiger charge is 2.21.